The Bertz CT molecular complexity index is 1750. The lowest BCUT2D eigenvalue weighted by Gasteiger charge is -2.35. The van der Waals surface area contributed by atoms with Crippen molar-refractivity contribution in [3.05, 3.63) is 111 Å². The second-order valence-corrected chi connectivity index (χ2v) is 11.7. The molecule has 11 nitrogen and oxygen atoms in total. The summed E-state index contributed by atoms with van der Waals surface area (Å²) in [6.45, 7) is 1.07. The van der Waals surface area contributed by atoms with Gasteiger partial charge >= 0.3 is 5.69 Å². The van der Waals surface area contributed by atoms with Crippen molar-refractivity contribution in [2.24, 2.45) is 0 Å². The second kappa shape index (κ2) is 12.2. The molecule has 216 valence electrons. The van der Waals surface area contributed by atoms with Crippen LogP contribution in [0.2, 0.25) is 10.0 Å². The molecule has 3 aromatic carbocycles. The van der Waals surface area contributed by atoms with Gasteiger partial charge in [0.15, 0.2) is 0 Å². The Morgan fingerprint density at radius 3 is 2.36 bits per heavy atom. The van der Waals surface area contributed by atoms with Crippen molar-refractivity contribution in [3.8, 4) is 11.5 Å². The minimum absolute atomic E-state index is 0.0482. The number of ether oxygens (including phenoxy) is 1. The topological polar surface area (TPSA) is 135 Å². The lowest BCUT2D eigenvalue weighted by molar-refractivity contribution is -0.384. The van der Waals surface area contributed by atoms with E-state index in [-0.39, 0.29) is 45.8 Å². The van der Waals surface area contributed by atoms with Gasteiger partial charge in [-0.3, -0.25) is 19.6 Å². The molecule has 1 aromatic heterocycles. The summed E-state index contributed by atoms with van der Waals surface area (Å²) in [7, 11) is -4.09. The monoisotopic (exact) mass is 627 g/mol. The van der Waals surface area contributed by atoms with Gasteiger partial charge in [-0.15, -0.1) is 0 Å². The fourth-order valence-corrected chi connectivity index (χ4v) is 5.82. The van der Waals surface area contributed by atoms with Crippen molar-refractivity contribution < 1.29 is 22.9 Å². The van der Waals surface area contributed by atoms with Crippen LogP contribution in [0.4, 0.5) is 17.2 Å². The van der Waals surface area contributed by atoms with Gasteiger partial charge in [-0.25, -0.2) is 13.4 Å². The van der Waals surface area contributed by atoms with E-state index in [1.807, 2.05) is 0 Å². The molecule has 14 heteroatoms. The SMILES string of the molecule is O=C(c1cc(Cl)ccc1NS(=O)(=O)c1ccc(Oc2ccccc2Cl)cc1)N1CCN(c2ncccc2[N+](=O)[O-])CC1. The fourth-order valence-electron chi connectivity index (χ4n) is 4.39. The Balaban J connectivity index is 1.30. The van der Waals surface area contributed by atoms with Crippen LogP contribution in [0.5, 0.6) is 11.5 Å². The summed E-state index contributed by atoms with van der Waals surface area (Å²) in [4.78, 5) is 31.8. The predicted molar refractivity (Wildman–Crippen MR) is 159 cm³/mol. The summed E-state index contributed by atoms with van der Waals surface area (Å²) in [5.74, 6) is 0.610. The third-order valence-electron chi connectivity index (χ3n) is 6.48. The Kier molecular flexibility index (Phi) is 8.48. The fraction of sp³-hybridized carbons (Fsp3) is 0.143. The number of pyridine rings is 1. The molecule has 2 heterocycles. The summed E-state index contributed by atoms with van der Waals surface area (Å²) in [5.41, 5.74) is 0.0119. The Hall–Kier alpha value is -4.39. The number of nitro groups is 1. The molecular weight excluding hydrogens is 605 g/mol. The summed E-state index contributed by atoms with van der Waals surface area (Å²) in [6, 6.07) is 19.8. The second-order valence-electron chi connectivity index (χ2n) is 9.18. The maximum Gasteiger partial charge on any atom is 0.311 e. The number of rotatable bonds is 8. The number of nitrogens with one attached hydrogen (secondary N) is 1. The molecule has 0 spiro atoms. The summed E-state index contributed by atoms with van der Waals surface area (Å²) < 4.78 is 34.7. The molecule has 1 aliphatic rings. The highest BCUT2D eigenvalue weighted by Gasteiger charge is 2.29. The number of anilines is 2. The first kappa shape index (κ1) is 29.1. The van der Waals surface area contributed by atoms with Gasteiger partial charge in [0.2, 0.25) is 5.82 Å². The van der Waals surface area contributed by atoms with E-state index in [0.29, 0.717) is 29.6 Å². The number of piperazine rings is 1. The zero-order valence-corrected chi connectivity index (χ0v) is 24.1. The average molecular weight is 628 g/mol. The van der Waals surface area contributed by atoms with Gasteiger partial charge in [-0.05, 0) is 60.7 Å². The van der Waals surface area contributed by atoms with Crippen molar-refractivity contribution in [1.29, 1.82) is 0 Å². The van der Waals surface area contributed by atoms with Crippen LogP contribution in [0.15, 0.2) is 90.0 Å². The maximum absolute atomic E-state index is 13.5. The summed E-state index contributed by atoms with van der Waals surface area (Å²) in [5, 5.41) is 12.1. The molecule has 42 heavy (non-hydrogen) atoms. The lowest BCUT2D eigenvalue weighted by atomic mass is 10.1. The highest BCUT2D eigenvalue weighted by atomic mass is 35.5. The normalized spacial score (nSPS) is 13.5. The van der Waals surface area contributed by atoms with Crippen LogP contribution in [0.3, 0.4) is 0 Å². The zero-order valence-electron chi connectivity index (χ0n) is 21.8. The molecular formula is C28H23Cl2N5O6S. The number of carbonyl (C=O) groups excluding carboxylic acids is 1. The van der Waals surface area contributed by atoms with Gasteiger partial charge in [0.05, 0.1) is 26.1 Å². The number of nitrogens with zero attached hydrogens (tertiary/aromatic N) is 4. The molecule has 1 amide bonds. The Labute approximate surface area is 251 Å². The smallest absolute Gasteiger partial charge is 0.311 e. The molecule has 1 N–H and O–H groups in total. The molecule has 1 saturated heterocycles. The van der Waals surface area contributed by atoms with Crippen LogP contribution in [-0.2, 0) is 10.0 Å². The Morgan fingerprint density at radius 1 is 0.952 bits per heavy atom. The van der Waals surface area contributed by atoms with E-state index in [2.05, 4.69) is 9.71 Å². The molecule has 0 atom stereocenters. The first-order chi connectivity index (χ1) is 20.1. The molecule has 0 bridgehead atoms. The van der Waals surface area contributed by atoms with Crippen molar-refractivity contribution >= 4 is 56.3 Å². The standard InChI is InChI=1S/C28H23Cl2N5O6S/c29-19-7-12-24(32-42(39,40)21-10-8-20(9-11-21)41-26-6-2-1-4-23(26)30)22(18-19)28(36)34-16-14-33(15-17-34)27-25(35(37)38)5-3-13-31-27/h1-13,18,32H,14-17H2. The van der Waals surface area contributed by atoms with E-state index in [0.717, 1.165) is 0 Å². The van der Waals surface area contributed by atoms with Crippen LogP contribution >= 0.6 is 23.2 Å². The van der Waals surface area contributed by atoms with Gasteiger partial charge in [0.25, 0.3) is 15.9 Å². The van der Waals surface area contributed by atoms with E-state index >= 15 is 0 Å². The van der Waals surface area contributed by atoms with E-state index in [1.165, 1.54) is 65.7 Å². The minimum atomic E-state index is -4.09. The maximum atomic E-state index is 13.5. The molecule has 1 fully saturated rings. The summed E-state index contributed by atoms with van der Waals surface area (Å²) >= 11 is 12.3. The largest absolute Gasteiger partial charge is 0.456 e. The number of amides is 1. The minimum Gasteiger partial charge on any atom is -0.456 e. The Morgan fingerprint density at radius 2 is 1.67 bits per heavy atom. The molecule has 0 aliphatic carbocycles. The molecule has 0 unspecified atom stereocenters. The van der Waals surface area contributed by atoms with Gasteiger partial charge in [-0.1, -0.05) is 35.3 Å². The van der Waals surface area contributed by atoms with Crippen molar-refractivity contribution in [2.45, 2.75) is 4.90 Å². The van der Waals surface area contributed by atoms with Gasteiger partial charge < -0.3 is 14.5 Å². The number of hydrogen-bond acceptors (Lipinski definition) is 8. The first-order valence-electron chi connectivity index (χ1n) is 12.6. The third-order valence-corrected chi connectivity index (χ3v) is 8.41. The average Bonchev–Trinajstić information content (AvgIpc) is 2.99. The quantitative estimate of drug-likeness (QED) is 0.190. The highest BCUT2D eigenvalue weighted by molar-refractivity contribution is 7.92. The van der Waals surface area contributed by atoms with Gasteiger partial charge in [0, 0.05) is 43.5 Å². The van der Waals surface area contributed by atoms with Crippen LogP contribution in [0.1, 0.15) is 10.4 Å². The van der Waals surface area contributed by atoms with Gasteiger partial charge in [0.1, 0.15) is 11.5 Å². The number of carbonyl (C=O) groups is 1. The number of halogens is 2. The number of aromatic nitrogens is 1. The van der Waals surface area contributed by atoms with Crippen molar-refractivity contribution in [3.63, 3.8) is 0 Å². The van der Waals surface area contributed by atoms with Crippen LogP contribution < -0.4 is 14.4 Å². The third kappa shape index (κ3) is 6.40. The van der Waals surface area contributed by atoms with E-state index < -0.39 is 20.9 Å². The molecule has 1 aliphatic heterocycles. The van der Waals surface area contributed by atoms with Gasteiger partial charge in [-0.2, -0.15) is 0 Å². The molecule has 0 saturated carbocycles. The number of para-hydroxylation sites is 1. The first-order valence-corrected chi connectivity index (χ1v) is 14.8. The van der Waals surface area contributed by atoms with Crippen molar-refractivity contribution in [1.82, 2.24) is 9.88 Å². The molecule has 5 rings (SSSR count). The van der Waals surface area contributed by atoms with E-state index in [9.17, 15) is 23.3 Å². The summed E-state index contributed by atoms with van der Waals surface area (Å²) in [6.07, 6.45) is 1.48. The van der Waals surface area contributed by atoms with Crippen LogP contribution in [0.25, 0.3) is 0 Å². The van der Waals surface area contributed by atoms with Crippen LogP contribution in [0, 0.1) is 10.1 Å². The van der Waals surface area contributed by atoms with E-state index in [4.69, 9.17) is 27.9 Å². The lowest BCUT2D eigenvalue weighted by Crippen LogP contribution is -2.49. The molecule has 0 radical (unpaired) electrons. The number of hydrogen-bond donors (Lipinski definition) is 1. The van der Waals surface area contributed by atoms with Crippen LogP contribution in [-0.4, -0.2) is 55.3 Å². The predicted octanol–water partition coefficient (Wildman–Crippen LogP) is 5.85. The highest BCUT2D eigenvalue weighted by Crippen LogP contribution is 2.31. The number of benzene rings is 3. The van der Waals surface area contributed by atoms with Crippen molar-refractivity contribution in [2.75, 3.05) is 35.8 Å². The number of sulfonamides is 1. The zero-order chi connectivity index (χ0) is 29.9. The molecule has 4 aromatic rings. The van der Waals surface area contributed by atoms with E-state index in [1.54, 1.807) is 29.2 Å².